The number of benzene rings is 2. The highest BCUT2D eigenvalue weighted by molar-refractivity contribution is 5.97. The van der Waals surface area contributed by atoms with Gasteiger partial charge in [0.2, 0.25) is 0 Å². The van der Waals surface area contributed by atoms with E-state index in [4.69, 9.17) is 4.74 Å². The molecular formula is C32H41N5O5. The number of aliphatic hydroxyl groups excluding tert-OH is 1. The third-order valence-electron chi connectivity index (χ3n) is 7.10. The molecule has 1 saturated heterocycles. The van der Waals surface area contributed by atoms with Gasteiger partial charge < -0.3 is 25.0 Å². The van der Waals surface area contributed by atoms with Crippen LogP contribution in [0.4, 0.5) is 4.79 Å². The minimum Gasteiger partial charge on any atom is -0.444 e. The van der Waals surface area contributed by atoms with Gasteiger partial charge in [0.05, 0.1) is 12.6 Å². The number of aromatic nitrogens is 2. The van der Waals surface area contributed by atoms with Crippen LogP contribution < -0.4 is 5.32 Å². The summed E-state index contributed by atoms with van der Waals surface area (Å²) in [6.45, 7) is 10.6. The molecule has 42 heavy (non-hydrogen) atoms. The Bertz CT molecular complexity index is 1420. The standard InChI is InChI=1S/C32H41N5O5/c1-21(2)17-25(20-38)33-29(39)28-24(18-23-11-8-10-22-9-6-7-12-26(22)23)19-27(34-35-28)30(40)36-13-15-37(16-14-36)31(41)42-32(3,4)5/h6-12,19,21,25,38H,13-18,20H2,1-5H3,(H,33,39)/t25-/m0/s1. The predicted molar refractivity (Wildman–Crippen MR) is 160 cm³/mol. The van der Waals surface area contributed by atoms with E-state index < -0.39 is 23.6 Å². The monoisotopic (exact) mass is 575 g/mol. The van der Waals surface area contributed by atoms with E-state index in [-0.39, 0.29) is 29.8 Å². The summed E-state index contributed by atoms with van der Waals surface area (Å²) < 4.78 is 5.46. The molecule has 2 aromatic carbocycles. The molecule has 0 spiro atoms. The van der Waals surface area contributed by atoms with Gasteiger partial charge in [0.25, 0.3) is 11.8 Å². The first-order valence-electron chi connectivity index (χ1n) is 14.5. The van der Waals surface area contributed by atoms with Crippen molar-refractivity contribution in [2.75, 3.05) is 32.8 Å². The first-order chi connectivity index (χ1) is 19.9. The van der Waals surface area contributed by atoms with E-state index in [1.165, 1.54) is 0 Å². The molecule has 0 unspecified atom stereocenters. The van der Waals surface area contributed by atoms with E-state index in [9.17, 15) is 19.5 Å². The quantitative estimate of drug-likeness (QED) is 0.415. The summed E-state index contributed by atoms with van der Waals surface area (Å²) in [5.41, 5.74) is 1.21. The van der Waals surface area contributed by atoms with E-state index in [1.54, 1.807) is 15.9 Å². The zero-order valence-electron chi connectivity index (χ0n) is 25.1. The van der Waals surface area contributed by atoms with Crippen LogP contribution in [0.1, 0.15) is 73.1 Å². The lowest BCUT2D eigenvalue weighted by molar-refractivity contribution is 0.0140. The molecule has 2 N–H and O–H groups in total. The maximum absolute atomic E-state index is 13.5. The molecule has 1 aromatic heterocycles. The fraction of sp³-hybridized carbons (Fsp3) is 0.469. The van der Waals surface area contributed by atoms with Crippen LogP contribution in [0.5, 0.6) is 0 Å². The molecule has 3 aromatic rings. The minimum atomic E-state index is -0.597. The van der Waals surface area contributed by atoms with Crippen molar-refractivity contribution in [2.24, 2.45) is 5.92 Å². The van der Waals surface area contributed by atoms with Crippen molar-refractivity contribution in [2.45, 2.75) is 59.1 Å². The summed E-state index contributed by atoms with van der Waals surface area (Å²) in [7, 11) is 0. The Balaban J connectivity index is 1.59. The summed E-state index contributed by atoms with van der Waals surface area (Å²) in [6, 6.07) is 15.2. The summed E-state index contributed by atoms with van der Waals surface area (Å²) >= 11 is 0. The van der Waals surface area contributed by atoms with Crippen LogP contribution in [0.25, 0.3) is 10.8 Å². The van der Waals surface area contributed by atoms with Gasteiger partial charge in [-0.1, -0.05) is 56.3 Å². The molecule has 1 aliphatic heterocycles. The molecule has 2 heterocycles. The molecular weight excluding hydrogens is 534 g/mol. The predicted octanol–water partition coefficient (Wildman–Crippen LogP) is 4.05. The third kappa shape index (κ3) is 7.82. The Kier molecular flexibility index (Phi) is 9.78. The van der Waals surface area contributed by atoms with Gasteiger partial charge in [0.15, 0.2) is 11.4 Å². The summed E-state index contributed by atoms with van der Waals surface area (Å²) in [4.78, 5) is 42.6. The van der Waals surface area contributed by atoms with Crippen LogP contribution in [0.15, 0.2) is 48.5 Å². The van der Waals surface area contributed by atoms with Crippen molar-refractivity contribution in [3.63, 3.8) is 0 Å². The van der Waals surface area contributed by atoms with E-state index in [1.807, 2.05) is 77.1 Å². The fourth-order valence-corrected chi connectivity index (χ4v) is 5.10. The number of rotatable bonds is 8. The maximum Gasteiger partial charge on any atom is 0.410 e. The van der Waals surface area contributed by atoms with E-state index in [2.05, 4.69) is 15.5 Å². The van der Waals surface area contributed by atoms with Gasteiger partial charge in [0, 0.05) is 32.6 Å². The number of carbonyl (C=O) groups excluding carboxylic acids is 3. The minimum absolute atomic E-state index is 0.122. The number of nitrogens with zero attached hydrogens (tertiary/aromatic N) is 4. The molecule has 10 heteroatoms. The number of fused-ring (bicyclic) bond motifs is 1. The van der Waals surface area contributed by atoms with Crippen LogP contribution in [0.3, 0.4) is 0 Å². The van der Waals surface area contributed by atoms with Gasteiger partial charge in [-0.25, -0.2) is 4.79 Å². The lowest BCUT2D eigenvalue weighted by Crippen LogP contribution is -2.51. The van der Waals surface area contributed by atoms with E-state index in [0.717, 1.165) is 16.3 Å². The van der Waals surface area contributed by atoms with Gasteiger partial charge in [-0.15, -0.1) is 10.2 Å². The summed E-state index contributed by atoms with van der Waals surface area (Å²) in [5, 5.41) is 23.2. The Hall–Kier alpha value is -4.05. The van der Waals surface area contributed by atoms with Crippen LogP contribution >= 0.6 is 0 Å². The second kappa shape index (κ2) is 13.3. The highest BCUT2D eigenvalue weighted by atomic mass is 16.6. The zero-order chi connectivity index (χ0) is 30.4. The molecule has 4 rings (SSSR count). The Morgan fingerprint density at radius 2 is 1.62 bits per heavy atom. The van der Waals surface area contributed by atoms with Crippen LogP contribution in [0.2, 0.25) is 0 Å². The Morgan fingerprint density at radius 3 is 2.29 bits per heavy atom. The molecule has 0 aliphatic carbocycles. The number of hydrogen-bond donors (Lipinski definition) is 2. The summed E-state index contributed by atoms with van der Waals surface area (Å²) in [5.74, 6) is -0.479. The molecule has 1 aliphatic rings. The van der Waals surface area contributed by atoms with Crippen LogP contribution in [-0.4, -0.2) is 87.4 Å². The molecule has 10 nitrogen and oxygen atoms in total. The number of nitrogens with one attached hydrogen (secondary N) is 1. The van der Waals surface area contributed by atoms with Crippen molar-refractivity contribution >= 4 is 28.7 Å². The molecule has 0 saturated carbocycles. The van der Waals surface area contributed by atoms with Gasteiger partial charge in [0.1, 0.15) is 5.60 Å². The van der Waals surface area contributed by atoms with Gasteiger partial charge in [-0.05, 0) is 61.1 Å². The van der Waals surface area contributed by atoms with Crippen LogP contribution in [0, 0.1) is 5.92 Å². The SMILES string of the molecule is CC(C)C[C@@H](CO)NC(=O)c1nnc(C(=O)N2CCN(C(=O)OC(C)(C)C)CC2)cc1Cc1cccc2ccccc12. The lowest BCUT2D eigenvalue weighted by atomic mass is 9.97. The fourth-order valence-electron chi connectivity index (χ4n) is 5.10. The average molecular weight is 576 g/mol. The normalized spacial score (nSPS) is 14.6. The number of aliphatic hydroxyl groups is 1. The highest BCUT2D eigenvalue weighted by Crippen LogP contribution is 2.23. The van der Waals surface area contributed by atoms with Crippen molar-refractivity contribution in [1.82, 2.24) is 25.3 Å². The number of piperazine rings is 1. The number of ether oxygens (including phenoxy) is 1. The first-order valence-corrected chi connectivity index (χ1v) is 14.5. The largest absolute Gasteiger partial charge is 0.444 e. The van der Waals surface area contributed by atoms with E-state index in [0.29, 0.717) is 44.6 Å². The highest BCUT2D eigenvalue weighted by Gasteiger charge is 2.29. The Morgan fingerprint density at radius 1 is 0.952 bits per heavy atom. The molecule has 1 atom stereocenters. The maximum atomic E-state index is 13.5. The lowest BCUT2D eigenvalue weighted by Gasteiger charge is -2.35. The second-order valence-corrected chi connectivity index (χ2v) is 12.2. The molecule has 0 radical (unpaired) electrons. The van der Waals surface area contributed by atoms with E-state index >= 15 is 0 Å². The van der Waals surface area contributed by atoms with Crippen molar-refractivity contribution < 1.29 is 24.2 Å². The van der Waals surface area contributed by atoms with Gasteiger partial charge in [-0.3, -0.25) is 9.59 Å². The third-order valence-corrected chi connectivity index (χ3v) is 7.10. The molecule has 224 valence electrons. The molecule has 0 bridgehead atoms. The second-order valence-electron chi connectivity index (χ2n) is 12.2. The Labute approximate surface area is 247 Å². The van der Waals surface area contributed by atoms with Crippen molar-refractivity contribution in [3.05, 3.63) is 71.0 Å². The average Bonchev–Trinajstić information content (AvgIpc) is 2.95. The first kappa shape index (κ1) is 30.9. The number of amides is 3. The number of carbonyl (C=O) groups is 3. The van der Waals surface area contributed by atoms with Crippen LogP contribution in [-0.2, 0) is 11.2 Å². The molecule has 3 amide bonds. The number of hydrogen-bond acceptors (Lipinski definition) is 7. The van der Waals surface area contributed by atoms with Gasteiger partial charge in [-0.2, -0.15) is 0 Å². The zero-order valence-corrected chi connectivity index (χ0v) is 25.1. The topological polar surface area (TPSA) is 125 Å². The van der Waals surface area contributed by atoms with Crippen molar-refractivity contribution in [1.29, 1.82) is 0 Å². The smallest absolute Gasteiger partial charge is 0.410 e. The summed E-state index contributed by atoms with van der Waals surface area (Å²) in [6.07, 6.45) is 0.571. The molecule has 1 fully saturated rings. The van der Waals surface area contributed by atoms with Gasteiger partial charge >= 0.3 is 6.09 Å². The van der Waals surface area contributed by atoms with Crippen molar-refractivity contribution in [3.8, 4) is 0 Å².